The Kier molecular flexibility index (Phi) is 4.93. The molecule has 0 saturated heterocycles. The standard InChI is InChI=1S/C16H18FNO/c1-13(14-6-3-2-4-7-14)19-11-10-18-16-9-5-8-15(17)12-16/h2-9,12-13,18H,10-11H2,1H3. The molecule has 19 heavy (non-hydrogen) atoms. The van der Waals surface area contributed by atoms with Crippen molar-refractivity contribution in [3.8, 4) is 0 Å². The maximum absolute atomic E-state index is 13.0. The van der Waals surface area contributed by atoms with E-state index >= 15 is 0 Å². The Morgan fingerprint density at radius 1 is 1.11 bits per heavy atom. The molecule has 0 fully saturated rings. The summed E-state index contributed by atoms with van der Waals surface area (Å²) in [6.07, 6.45) is 0.0653. The summed E-state index contributed by atoms with van der Waals surface area (Å²) >= 11 is 0. The van der Waals surface area contributed by atoms with Gasteiger partial charge in [0.25, 0.3) is 0 Å². The summed E-state index contributed by atoms with van der Waals surface area (Å²) in [5.74, 6) is -0.233. The molecule has 0 aliphatic heterocycles. The molecular formula is C16H18FNO. The zero-order chi connectivity index (χ0) is 13.5. The van der Waals surface area contributed by atoms with Gasteiger partial charge in [0.1, 0.15) is 5.82 Å². The zero-order valence-corrected chi connectivity index (χ0v) is 11.0. The van der Waals surface area contributed by atoms with Gasteiger partial charge < -0.3 is 10.1 Å². The summed E-state index contributed by atoms with van der Waals surface area (Å²) in [5, 5.41) is 3.13. The summed E-state index contributed by atoms with van der Waals surface area (Å²) in [5.41, 5.74) is 1.93. The second-order valence-electron chi connectivity index (χ2n) is 4.36. The van der Waals surface area contributed by atoms with Crippen LogP contribution in [0.2, 0.25) is 0 Å². The first-order valence-electron chi connectivity index (χ1n) is 6.41. The number of anilines is 1. The summed E-state index contributed by atoms with van der Waals surface area (Å²) in [4.78, 5) is 0. The van der Waals surface area contributed by atoms with Crippen LogP contribution in [-0.2, 0) is 4.74 Å². The van der Waals surface area contributed by atoms with Crippen LogP contribution >= 0.6 is 0 Å². The first kappa shape index (κ1) is 13.6. The van der Waals surface area contributed by atoms with Gasteiger partial charge in [-0.05, 0) is 30.7 Å². The Morgan fingerprint density at radius 2 is 1.89 bits per heavy atom. The minimum Gasteiger partial charge on any atom is -0.383 e. The summed E-state index contributed by atoms with van der Waals surface area (Å²) in [6, 6.07) is 16.5. The van der Waals surface area contributed by atoms with Crippen LogP contribution in [0.15, 0.2) is 54.6 Å². The molecule has 0 aliphatic carbocycles. The molecule has 0 amide bonds. The molecule has 2 rings (SSSR count). The maximum atomic E-state index is 13.0. The van der Waals surface area contributed by atoms with Gasteiger partial charge in [-0.3, -0.25) is 0 Å². The van der Waals surface area contributed by atoms with Crippen molar-refractivity contribution in [2.24, 2.45) is 0 Å². The Bertz CT molecular complexity index is 501. The Morgan fingerprint density at radius 3 is 2.63 bits per heavy atom. The minimum atomic E-state index is -0.233. The van der Waals surface area contributed by atoms with Crippen molar-refractivity contribution in [2.75, 3.05) is 18.5 Å². The Balaban J connectivity index is 1.72. The number of halogens is 1. The molecular weight excluding hydrogens is 241 g/mol. The Hall–Kier alpha value is -1.87. The molecule has 100 valence electrons. The van der Waals surface area contributed by atoms with E-state index in [2.05, 4.69) is 5.32 Å². The van der Waals surface area contributed by atoms with Crippen molar-refractivity contribution < 1.29 is 9.13 Å². The van der Waals surface area contributed by atoms with Gasteiger partial charge in [0, 0.05) is 12.2 Å². The highest BCUT2D eigenvalue weighted by Gasteiger charge is 2.04. The molecule has 0 bridgehead atoms. The molecule has 0 heterocycles. The van der Waals surface area contributed by atoms with Gasteiger partial charge in [0.05, 0.1) is 12.7 Å². The highest BCUT2D eigenvalue weighted by molar-refractivity contribution is 5.42. The van der Waals surface area contributed by atoms with E-state index in [1.54, 1.807) is 6.07 Å². The Labute approximate surface area is 113 Å². The van der Waals surface area contributed by atoms with Crippen molar-refractivity contribution in [2.45, 2.75) is 13.0 Å². The van der Waals surface area contributed by atoms with Gasteiger partial charge in [-0.25, -0.2) is 4.39 Å². The fraction of sp³-hybridized carbons (Fsp3) is 0.250. The molecule has 3 heteroatoms. The van der Waals surface area contributed by atoms with Crippen LogP contribution in [0, 0.1) is 5.82 Å². The van der Waals surface area contributed by atoms with E-state index in [1.165, 1.54) is 12.1 Å². The van der Waals surface area contributed by atoms with Crippen LogP contribution in [0.1, 0.15) is 18.6 Å². The summed E-state index contributed by atoms with van der Waals surface area (Å²) < 4.78 is 18.7. The topological polar surface area (TPSA) is 21.3 Å². The highest BCUT2D eigenvalue weighted by Crippen LogP contribution is 2.15. The zero-order valence-electron chi connectivity index (χ0n) is 11.0. The van der Waals surface area contributed by atoms with E-state index in [0.29, 0.717) is 13.2 Å². The van der Waals surface area contributed by atoms with Gasteiger partial charge in [-0.1, -0.05) is 36.4 Å². The molecule has 0 saturated carbocycles. The average Bonchev–Trinajstić information content (AvgIpc) is 2.44. The van der Waals surface area contributed by atoms with Crippen LogP contribution in [0.3, 0.4) is 0 Å². The van der Waals surface area contributed by atoms with E-state index in [4.69, 9.17) is 4.74 Å². The van der Waals surface area contributed by atoms with Crippen molar-refractivity contribution in [3.05, 3.63) is 66.0 Å². The van der Waals surface area contributed by atoms with Gasteiger partial charge in [-0.2, -0.15) is 0 Å². The molecule has 0 radical (unpaired) electrons. The number of rotatable bonds is 6. The van der Waals surface area contributed by atoms with E-state index in [9.17, 15) is 4.39 Å². The third kappa shape index (κ3) is 4.38. The molecule has 2 aromatic carbocycles. The average molecular weight is 259 g/mol. The molecule has 2 aromatic rings. The minimum absolute atomic E-state index is 0.0653. The van der Waals surface area contributed by atoms with Crippen LogP contribution in [-0.4, -0.2) is 13.2 Å². The van der Waals surface area contributed by atoms with Gasteiger partial charge >= 0.3 is 0 Å². The van der Waals surface area contributed by atoms with Crippen LogP contribution in [0.25, 0.3) is 0 Å². The third-order valence-corrected chi connectivity index (χ3v) is 2.89. The molecule has 0 aromatic heterocycles. The van der Waals surface area contributed by atoms with Crippen LogP contribution in [0.5, 0.6) is 0 Å². The van der Waals surface area contributed by atoms with Crippen molar-refractivity contribution >= 4 is 5.69 Å². The predicted molar refractivity (Wildman–Crippen MR) is 75.7 cm³/mol. The summed E-state index contributed by atoms with van der Waals surface area (Å²) in [6.45, 7) is 3.25. The fourth-order valence-corrected chi connectivity index (χ4v) is 1.85. The smallest absolute Gasteiger partial charge is 0.125 e. The third-order valence-electron chi connectivity index (χ3n) is 2.89. The van der Waals surface area contributed by atoms with Crippen molar-refractivity contribution in [3.63, 3.8) is 0 Å². The fourth-order valence-electron chi connectivity index (χ4n) is 1.85. The molecule has 1 unspecified atom stereocenters. The first-order valence-corrected chi connectivity index (χ1v) is 6.41. The number of benzene rings is 2. The quantitative estimate of drug-likeness (QED) is 0.791. The molecule has 0 aliphatic rings. The van der Waals surface area contributed by atoms with Crippen molar-refractivity contribution in [1.29, 1.82) is 0 Å². The lowest BCUT2D eigenvalue weighted by atomic mass is 10.1. The van der Waals surface area contributed by atoms with Crippen molar-refractivity contribution in [1.82, 2.24) is 0 Å². The molecule has 1 N–H and O–H groups in total. The second kappa shape index (κ2) is 6.90. The van der Waals surface area contributed by atoms with Gasteiger partial charge in [0.2, 0.25) is 0 Å². The first-order chi connectivity index (χ1) is 9.25. The maximum Gasteiger partial charge on any atom is 0.125 e. The normalized spacial score (nSPS) is 12.1. The SMILES string of the molecule is CC(OCCNc1cccc(F)c1)c1ccccc1. The summed E-state index contributed by atoms with van der Waals surface area (Å²) in [7, 11) is 0. The van der Waals surface area contributed by atoms with E-state index < -0.39 is 0 Å². The van der Waals surface area contributed by atoms with E-state index in [0.717, 1.165) is 11.3 Å². The predicted octanol–water partition coefficient (Wildman–Crippen LogP) is 4.02. The largest absolute Gasteiger partial charge is 0.383 e. The van der Waals surface area contributed by atoms with Crippen LogP contribution in [0.4, 0.5) is 10.1 Å². The van der Waals surface area contributed by atoms with Gasteiger partial charge in [0.15, 0.2) is 0 Å². The lowest BCUT2D eigenvalue weighted by Crippen LogP contribution is -2.11. The number of hydrogen-bond donors (Lipinski definition) is 1. The van der Waals surface area contributed by atoms with E-state index in [1.807, 2.05) is 43.3 Å². The monoisotopic (exact) mass is 259 g/mol. The highest BCUT2D eigenvalue weighted by atomic mass is 19.1. The lowest BCUT2D eigenvalue weighted by Gasteiger charge is -2.14. The molecule has 0 spiro atoms. The number of hydrogen-bond acceptors (Lipinski definition) is 2. The lowest BCUT2D eigenvalue weighted by molar-refractivity contribution is 0.0736. The number of nitrogens with one attached hydrogen (secondary N) is 1. The van der Waals surface area contributed by atoms with Gasteiger partial charge in [-0.15, -0.1) is 0 Å². The molecule has 1 atom stereocenters. The molecule has 2 nitrogen and oxygen atoms in total. The van der Waals surface area contributed by atoms with Crippen LogP contribution < -0.4 is 5.32 Å². The second-order valence-corrected chi connectivity index (χ2v) is 4.36. The van der Waals surface area contributed by atoms with E-state index in [-0.39, 0.29) is 11.9 Å². The number of ether oxygens (including phenoxy) is 1.